The lowest BCUT2D eigenvalue weighted by Gasteiger charge is -2.19. The molecule has 1 aliphatic heterocycles. The van der Waals surface area contributed by atoms with Crippen LogP contribution in [0.4, 0.5) is 0 Å². The summed E-state index contributed by atoms with van der Waals surface area (Å²) >= 11 is 11.8. The maximum Gasteiger partial charge on any atom is 0.101 e. The summed E-state index contributed by atoms with van der Waals surface area (Å²) in [7, 11) is 0. The molecule has 1 N–H and O–H groups in total. The number of rotatable bonds is 2. The molecule has 0 saturated heterocycles. The van der Waals surface area contributed by atoms with Gasteiger partial charge in [-0.15, -0.1) is 0 Å². The summed E-state index contributed by atoms with van der Waals surface area (Å²) < 4.78 is 0. The summed E-state index contributed by atoms with van der Waals surface area (Å²) in [5, 5.41) is 4.77. The van der Waals surface area contributed by atoms with Crippen molar-refractivity contribution in [3.05, 3.63) is 69.7 Å². The van der Waals surface area contributed by atoms with Crippen LogP contribution in [-0.4, -0.2) is 6.34 Å². The molecule has 0 aromatic heterocycles. The van der Waals surface area contributed by atoms with Gasteiger partial charge in [-0.2, -0.15) is 0 Å². The van der Waals surface area contributed by atoms with Crippen molar-refractivity contribution in [2.24, 2.45) is 4.99 Å². The van der Waals surface area contributed by atoms with Crippen LogP contribution in [0.2, 0.25) is 10.0 Å². The lowest BCUT2D eigenvalue weighted by atomic mass is 9.95. The van der Waals surface area contributed by atoms with E-state index in [1.54, 1.807) is 6.34 Å². The smallest absolute Gasteiger partial charge is 0.101 e. The minimum Gasteiger partial charge on any atom is -0.367 e. The molecule has 19 heavy (non-hydrogen) atoms. The molecule has 0 saturated carbocycles. The molecule has 0 aliphatic carbocycles. The third-order valence-electron chi connectivity index (χ3n) is 3.25. The fourth-order valence-electron chi connectivity index (χ4n) is 2.27. The number of nitrogens with one attached hydrogen (secondary N) is 1. The molecule has 0 radical (unpaired) electrons. The molecule has 0 fully saturated rings. The predicted octanol–water partition coefficient (Wildman–Crippen LogP) is 4.41. The number of nitrogens with zero attached hydrogens (tertiary/aromatic N) is 1. The molecule has 0 spiro atoms. The summed E-state index contributed by atoms with van der Waals surface area (Å²) in [4.78, 5) is 4.50. The maximum absolute atomic E-state index is 5.92. The predicted molar refractivity (Wildman–Crippen MR) is 80.0 cm³/mol. The van der Waals surface area contributed by atoms with Crippen LogP contribution in [-0.2, 0) is 0 Å². The third kappa shape index (κ3) is 2.60. The Morgan fingerprint density at radius 3 is 1.89 bits per heavy atom. The largest absolute Gasteiger partial charge is 0.367 e. The molecule has 1 heterocycles. The molecular formula is C15H12Cl2N2. The van der Waals surface area contributed by atoms with E-state index in [-0.39, 0.29) is 12.1 Å². The van der Waals surface area contributed by atoms with E-state index in [0.29, 0.717) is 0 Å². The van der Waals surface area contributed by atoms with Crippen molar-refractivity contribution in [3.63, 3.8) is 0 Å². The second kappa shape index (κ2) is 5.24. The van der Waals surface area contributed by atoms with E-state index in [0.717, 1.165) is 15.6 Å². The van der Waals surface area contributed by atoms with Crippen molar-refractivity contribution in [3.8, 4) is 0 Å². The topological polar surface area (TPSA) is 24.4 Å². The first-order chi connectivity index (χ1) is 9.24. The Labute approximate surface area is 122 Å². The van der Waals surface area contributed by atoms with E-state index >= 15 is 0 Å². The van der Waals surface area contributed by atoms with Gasteiger partial charge in [-0.3, -0.25) is 4.99 Å². The molecule has 2 unspecified atom stereocenters. The van der Waals surface area contributed by atoms with Gasteiger partial charge < -0.3 is 5.32 Å². The van der Waals surface area contributed by atoms with E-state index in [1.165, 1.54) is 5.56 Å². The molecule has 2 atom stereocenters. The molecule has 2 aromatic carbocycles. The number of hydrogen-bond donors (Lipinski definition) is 1. The zero-order valence-corrected chi connectivity index (χ0v) is 11.6. The van der Waals surface area contributed by atoms with Gasteiger partial charge in [-0.1, -0.05) is 47.5 Å². The van der Waals surface area contributed by atoms with Gasteiger partial charge in [-0.25, -0.2) is 0 Å². The van der Waals surface area contributed by atoms with Gasteiger partial charge in [0.05, 0.1) is 12.4 Å². The van der Waals surface area contributed by atoms with E-state index in [1.807, 2.05) is 48.5 Å². The first-order valence-corrected chi connectivity index (χ1v) is 6.78. The van der Waals surface area contributed by atoms with Crippen LogP contribution in [0.5, 0.6) is 0 Å². The Morgan fingerprint density at radius 1 is 0.789 bits per heavy atom. The first-order valence-electron chi connectivity index (χ1n) is 6.03. The van der Waals surface area contributed by atoms with Gasteiger partial charge in [0.2, 0.25) is 0 Å². The van der Waals surface area contributed by atoms with Gasteiger partial charge >= 0.3 is 0 Å². The average molecular weight is 291 g/mol. The Kier molecular flexibility index (Phi) is 3.45. The van der Waals surface area contributed by atoms with Gasteiger partial charge in [0, 0.05) is 10.0 Å². The van der Waals surface area contributed by atoms with Gasteiger partial charge in [0.1, 0.15) is 6.04 Å². The zero-order chi connectivity index (χ0) is 13.2. The molecule has 1 aliphatic rings. The van der Waals surface area contributed by atoms with Gasteiger partial charge in [0.25, 0.3) is 0 Å². The summed E-state index contributed by atoms with van der Waals surface area (Å²) in [6.07, 6.45) is 1.76. The lowest BCUT2D eigenvalue weighted by Crippen LogP contribution is -2.18. The van der Waals surface area contributed by atoms with Crippen LogP contribution in [0.3, 0.4) is 0 Å². The molecule has 4 heteroatoms. The molecular weight excluding hydrogens is 279 g/mol. The SMILES string of the molecule is Clc1ccc(C2N=CNC2c2ccc(Cl)cc2)cc1. The molecule has 3 rings (SSSR count). The Morgan fingerprint density at radius 2 is 1.32 bits per heavy atom. The highest BCUT2D eigenvalue weighted by molar-refractivity contribution is 6.30. The standard InChI is InChI=1S/C15H12Cl2N2/c16-12-5-1-10(2-6-12)14-15(19-9-18-14)11-3-7-13(17)8-4-11/h1-9,14-15H,(H,18,19). The van der Waals surface area contributed by atoms with E-state index in [2.05, 4.69) is 10.3 Å². The molecule has 96 valence electrons. The van der Waals surface area contributed by atoms with Gasteiger partial charge in [-0.05, 0) is 35.4 Å². The highest BCUT2D eigenvalue weighted by Crippen LogP contribution is 2.35. The highest BCUT2D eigenvalue weighted by Gasteiger charge is 2.26. The van der Waals surface area contributed by atoms with Gasteiger partial charge in [0.15, 0.2) is 0 Å². The fourth-order valence-corrected chi connectivity index (χ4v) is 2.52. The van der Waals surface area contributed by atoms with Crippen molar-refractivity contribution in [2.45, 2.75) is 12.1 Å². The fraction of sp³-hybridized carbons (Fsp3) is 0.133. The number of aliphatic imine (C=N–C) groups is 1. The van der Waals surface area contributed by atoms with Crippen LogP contribution in [0.15, 0.2) is 53.5 Å². The minimum absolute atomic E-state index is 0.0680. The summed E-state index contributed by atoms with van der Waals surface area (Å²) in [5.74, 6) is 0. The van der Waals surface area contributed by atoms with Crippen molar-refractivity contribution in [1.29, 1.82) is 0 Å². The zero-order valence-electron chi connectivity index (χ0n) is 10.1. The summed E-state index contributed by atoms with van der Waals surface area (Å²) in [6.45, 7) is 0. The van der Waals surface area contributed by atoms with E-state index in [4.69, 9.17) is 23.2 Å². The van der Waals surface area contributed by atoms with Crippen LogP contribution in [0.1, 0.15) is 23.2 Å². The molecule has 0 amide bonds. The molecule has 0 bridgehead atoms. The van der Waals surface area contributed by atoms with Crippen LogP contribution < -0.4 is 5.32 Å². The van der Waals surface area contributed by atoms with E-state index < -0.39 is 0 Å². The Bertz CT molecular complexity index is 591. The summed E-state index contributed by atoms with van der Waals surface area (Å²) in [5.41, 5.74) is 2.31. The van der Waals surface area contributed by atoms with Crippen molar-refractivity contribution in [2.75, 3.05) is 0 Å². The lowest BCUT2D eigenvalue weighted by molar-refractivity contribution is 0.573. The number of halogens is 2. The van der Waals surface area contributed by atoms with Crippen molar-refractivity contribution >= 4 is 29.5 Å². The van der Waals surface area contributed by atoms with Crippen LogP contribution in [0, 0.1) is 0 Å². The monoisotopic (exact) mass is 290 g/mol. The Balaban J connectivity index is 1.90. The first kappa shape index (κ1) is 12.5. The number of benzene rings is 2. The van der Waals surface area contributed by atoms with Crippen molar-refractivity contribution < 1.29 is 0 Å². The molecule has 2 aromatic rings. The summed E-state index contributed by atoms with van der Waals surface area (Å²) in [6, 6.07) is 15.9. The van der Waals surface area contributed by atoms with Crippen LogP contribution in [0.25, 0.3) is 0 Å². The molecule has 2 nitrogen and oxygen atoms in total. The van der Waals surface area contributed by atoms with Crippen LogP contribution >= 0.6 is 23.2 Å². The Hall–Kier alpha value is -1.51. The number of hydrogen-bond acceptors (Lipinski definition) is 2. The average Bonchev–Trinajstić information content (AvgIpc) is 2.90. The van der Waals surface area contributed by atoms with E-state index in [9.17, 15) is 0 Å². The third-order valence-corrected chi connectivity index (χ3v) is 3.75. The second-order valence-corrected chi connectivity index (χ2v) is 5.34. The normalized spacial score (nSPS) is 21.4. The quantitative estimate of drug-likeness (QED) is 0.871. The highest BCUT2D eigenvalue weighted by atomic mass is 35.5. The maximum atomic E-state index is 5.92. The minimum atomic E-state index is 0.0680. The second-order valence-electron chi connectivity index (χ2n) is 4.47. The van der Waals surface area contributed by atoms with Crippen molar-refractivity contribution in [1.82, 2.24) is 5.32 Å².